The highest BCUT2D eigenvalue weighted by atomic mass is 32.2. The Bertz CT molecular complexity index is 808. The highest BCUT2D eigenvalue weighted by Crippen LogP contribution is 2.21. The van der Waals surface area contributed by atoms with E-state index in [-0.39, 0.29) is 29.3 Å². The number of carbonyl (C=O) groups is 2. The number of benzene rings is 1. The van der Waals surface area contributed by atoms with Crippen LogP contribution in [-0.2, 0) is 19.6 Å². The average molecular weight is 425 g/mol. The van der Waals surface area contributed by atoms with Crippen LogP contribution in [0.3, 0.4) is 0 Å². The van der Waals surface area contributed by atoms with Gasteiger partial charge in [0.15, 0.2) is 0 Å². The van der Waals surface area contributed by atoms with Crippen molar-refractivity contribution in [2.24, 2.45) is 11.7 Å². The molecular formula is C20H32N4O4S. The van der Waals surface area contributed by atoms with Gasteiger partial charge in [-0.1, -0.05) is 0 Å². The number of nitrogens with one attached hydrogen (secondary N) is 1. The van der Waals surface area contributed by atoms with Gasteiger partial charge in [0.05, 0.1) is 11.4 Å². The molecule has 0 aliphatic carbocycles. The van der Waals surface area contributed by atoms with Crippen molar-refractivity contribution in [2.75, 3.05) is 32.0 Å². The molecule has 0 radical (unpaired) electrons. The summed E-state index contributed by atoms with van der Waals surface area (Å²) < 4.78 is 26.3. The predicted octanol–water partition coefficient (Wildman–Crippen LogP) is 1.63. The van der Waals surface area contributed by atoms with Crippen molar-refractivity contribution >= 4 is 27.5 Å². The Kier molecular flexibility index (Phi) is 8.18. The molecule has 1 aliphatic heterocycles. The number of anilines is 1. The molecule has 1 aromatic carbocycles. The van der Waals surface area contributed by atoms with Crippen LogP contribution in [0.5, 0.6) is 0 Å². The van der Waals surface area contributed by atoms with Gasteiger partial charge in [0.1, 0.15) is 0 Å². The number of hydrogen-bond acceptors (Lipinski definition) is 5. The van der Waals surface area contributed by atoms with Crippen molar-refractivity contribution in [3.8, 4) is 0 Å². The molecule has 0 bridgehead atoms. The zero-order valence-electron chi connectivity index (χ0n) is 17.4. The first-order valence-corrected chi connectivity index (χ1v) is 11.4. The Morgan fingerprint density at radius 3 is 2.52 bits per heavy atom. The van der Waals surface area contributed by atoms with Crippen molar-refractivity contribution in [3.05, 3.63) is 24.3 Å². The van der Waals surface area contributed by atoms with Gasteiger partial charge >= 0.3 is 0 Å². The molecule has 162 valence electrons. The monoisotopic (exact) mass is 424 g/mol. The van der Waals surface area contributed by atoms with Gasteiger partial charge in [-0.15, -0.1) is 0 Å². The van der Waals surface area contributed by atoms with E-state index in [9.17, 15) is 18.0 Å². The summed E-state index contributed by atoms with van der Waals surface area (Å²) in [6, 6.07) is 6.07. The normalized spacial score (nSPS) is 18.2. The van der Waals surface area contributed by atoms with Crippen molar-refractivity contribution in [2.45, 2.75) is 50.5 Å². The summed E-state index contributed by atoms with van der Waals surface area (Å²) >= 11 is 0. The quantitative estimate of drug-likeness (QED) is 0.626. The molecule has 9 heteroatoms. The maximum absolute atomic E-state index is 12.5. The van der Waals surface area contributed by atoms with Gasteiger partial charge < -0.3 is 11.1 Å². The minimum atomic E-state index is -3.54. The van der Waals surface area contributed by atoms with Crippen LogP contribution in [0.4, 0.5) is 5.69 Å². The van der Waals surface area contributed by atoms with E-state index in [1.807, 2.05) is 13.8 Å². The molecule has 1 saturated heterocycles. The van der Waals surface area contributed by atoms with E-state index < -0.39 is 10.0 Å². The second kappa shape index (κ2) is 10.2. The van der Waals surface area contributed by atoms with Crippen LogP contribution >= 0.6 is 0 Å². The summed E-state index contributed by atoms with van der Waals surface area (Å²) in [6.07, 6.45) is 3.18. The molecule has 2 amide bonds. The number of primary amides is 1. The van der Waals surface area contributed by atoms with Crippen LogP contribution in [0.2, 0.25) is 0 Å². The molecule has 1 aromatic rings. The van der Waals surface area contributed by atoms with E-state index in [0.717, 1.165) is 32.4 Å². The molecule has 8 nitrogen and oxygen atoms in total. The number of likely N-dealkylation sites (tertiary alicyclic amines) is 1. The first kappa shape index (κ1) is 23.3. The third-order valence-corrected chi connectivity index (χ3v) is 7.36. The number of hydrogen-bond donors (Lipinski definition) is 2. The van der Waals surface area contributed by atoms with Crippen LogP contribution in [0.1, 0.15) is 39.5 Å². The van der Waals surface area contributed by atoms with Gasteiger partial charge in [0.25, 0.3) is 0 Å². The largest absolute Gasteiger partial charge is 0.370 e. The summed E-state index contributed by atoms with van der Waals surface area (Å²) in [5.41, 5.74) is 5.78. The Morgan fingerprint density at radius 2 is 1.93 bits per heavy atom. The van der Waals surface area contributed by atoms with E-state index in [0.29, 0.717) is 18.0 Å². The molecule has 29 heavy (non-hydrogen) atoms. The van der Waals surface area contributed by atoms with Gasteiger partial charge in [-0.2, -0.15) is 4.31 Å². The molecule has 1 fully saturated rings. The smallest absolute Gasteiger partial charge is 0.243 e. The number of sulfonamides is 1. The SMILES string of the molecule is CC(C)N(C)S(=O)(=O)c1ccc(NC(=O)CN2CCCC(CCC(N)=O)C2)cc1. The van der Waals surface area contributed by atoms with Gasteiger partial charge in [-0.25, -0.2) is 8.42 Å². The number of nitrogens with two attached hydrogens (primary N) is 1. The molecule has 0 aromatic heterocycles. The minimum absolute atomic E-state index is 0.143. The summed E-state index contributed by atoms with van der Waals surface area (Å²) in [5, 5.41) is 2.82. The molecule has 1 heterocycles. The van der Waals surface area contributed by atoms with Gasteiger partial charge in [0.2, 0.25) is 21.8 Å². The van der Waals surface area contributed by atoms with Crippen molar-refractivity contribution in [1.29, 1.82) is 0 Å². The average Bonchev–Trinajstić information content (AvgIpc) is 2.66. The van der Waals surface area contributed by atoms with E-state index in [1.165, 1.54) is 16.4 Å². The van der Waals surface area contributed by atoms with Gasteiger partial charge in [-0.3, -0.25) is 14.5 Å². The van der Waals surface area contributed by atoms with Gasteiger partial charge in [-0.05, 0) is 69.8 Å². The Labute approximate surface area is 173 Å². The fourth-order valence-electron chi connectivity index (χ4n) is 3.43. The minimum Gasteiger partial charge on any atom is -0.370 e. The topological polar surface area (TPSA) is 113 Å². The molecule has 1 unspecified atom stereocenters. The van der Waals surface area contributed by atoms with Crippen molar-refractivity contribution in [3.63, 3.8) is 0 Å². The Balaban J connectivity index is 1.90. The zero-order valence-corrected chi connectivity index (χ0v) is 18.2. The summed E-state index contributed by atoms with van der Waals surface area (Å²) in [7, 11) is -2.00. The second-order valence-corrected chi connectivity index (χ2v) is 9.93. The maximum atomic E-state index is 12.5. The van der Waals surface area contributed by atoms with Crippen LogP contribution in [0.15, 0.2) is 29.2 Å². The maximum Gasteiger partial charge on any atom is 0.243 e. The lowest BCUT2D eigenvalue weighted by Gasteiger charge is -2.32. The second-order valence-electron chi connectivity index (χ2n) is 7.94. The molecule has 2 rings (SSSR count). The van der Waals surface area contributed by atoms with Crippen molar-refractivity contribution in [1.82, 2.24) is 9.21 Å². The van der Waals surface area contributed by atoms with Crippen LogP contribution in [0.25, 0.3) is 0 Å². The lowest BCUT2D eigenvalue weighted by atomic mass is 9.93. The van der Waals surface area contributed by atoms with E-state index in [2.05, 4.69) is 10.2 Å². The fraction of sp³-hybridized carbons (Fsp3) is 0.600. The number of amides is 2. The van der Waals surface area contributed by atoms with Crippen LogP contribution < -0.4 is 11.1 Å². The fourth-order valence-corrected chi connectivity index (χ4v) is 4.80. The standard InChI is InChI=1S/C20H32N4O4S/c1-15(2)23(3)29(27,28)18-9-7-17(8-10-18)22-20(26)14-24-12-4-5-16(13-24)6-11-19(21)25/h7-10,15-16H,4-6,11-14H2,1-3H3,(H2,21,25)(H,22,26). The summed E-state index contributed by atoms with van der Waals surface area (Å²) in [4.78, 5) is 25.6. The number of rotatable bonds is 9. The third-order valence-electron chi connectivity index (χ3n) is 5.31. The zero-order chi connectivity index (χ0) is 21.6. The van der Waals surface area contributed by atoms with E-state index in [4.69, 9.17) is 5.73 Å². The summed E-state index contributed by atoms with van der Waals surface area (Å²) in [6.45, 7) is 5.51. The molecule has 3 N–H and O–H groups in total. The number of piperidine rings is 1. The Hall–Kier alpha value is -1.97. The molecule has 0 spiro atoms. The molecule has 0 saturated carbocycles. The predicted molar refractivity (Wildman–Crippen MR) is 113 cm³/mol. The first-order valence-electron chi connectivity index (χ1n) is 9.98. The summed E-state index contributed by atoms with van der Waals surface area (Å²) in [5.74, 6) is -0.0492. The Morgan fingerprint density at radius 1 is 1.28 bits per heavy atom. The van der Waals surface area contributed by atoms with Crippen LogP contribution in [-0.4, -0.2) is 62.2 Å². The van der Waals surface area contributed by atoms with E-state index >= 15 is 0 Å². The molecular weight excluding hydrogens is 392 g/mol. The van der Waals surface area contributed by atoms with Crippen LogP contribution in [0, 0.1) is 5.92 Å². The molecule has 1 atom stereocenters. The highest BCUT2D eigenvalue weighted by molar-refractivity contribution is 7.89. The number of nitrogens with zero attached hydrogens (tertiary/aromatic N) is 2. The lowest BCUT2D eigenvalue weighted by molar-refractivity contribution is -0.119. The van der Waals surface area contributed by atoms with Crippen molar-refractivity contribution < 1.29 is 18.0 Å². The van der Waals surface area contributed by atoms with E-state index in [1.54, 1.807) is 19.2 Å². The number of carbonyl (C=O) groups excluding carboxylic acids is 2. The third kappa shape index (κ3) is 6.80. The molecule has 1 aliphatic rings. The highest BCUT2D eigenvalue weighted by Gasteiger charge is 2.24. The lowest BCUT2D eigenvalue weighted by Crippen LogP contribution is -2.40. The first-order chi connectivity index (χ1) is 13.6. The van der Waals surface area contributed by atoms with Gasteiger partial charge in [0, 0.05) is 31.7 Å².